The number of fused-ring (bicyclic) bond motifs is 1. The van der Waals surface area contributed by atoms with Gasteiger partial charge in [0.2, 0.25) is 5.91 Å². The van der Waals surface area contributed by atoms with Gasteiger partial charge in [0.15, 0.2) is 11.5 Å². The topological polar surface area (TPSA) is 60.0 Å². The van der Waals surface area contributed by atoms with Crippen molar-refractivity contribution in [2.24, 2.45) is 0 Å². The van der Waals surface area contributed by atoms with Crippen molar-refractivity contribution in [1.82, 2.24) is 10.2 Å². The first-order chi connectivity index (χ1) is 12.2. The molecule has 0 saturated carbocycles. The third kappa shape index (κ3) is 5.34. The van der Waals surface area contributed by atoms with Crippen molar-refractivity contribution >= 4 is 5.91 Å². The van der Waals surface area contributed by atoms with Crippen LogP contribution in [0, 0.1) is 0 Å². The van der Waals surface area contributed by atoms with E-state index in [1.54, 1.807) is 0 Å². The Morgan fingerprint density at radius 2 is 1.92 bits per heavy atom. The summed E-state index contributed by atoms with van der Waals surface area (Å²) in [6.45, 7) is 7.55. The second kappa shape index (κ2) is 9.06. The molecule has 6 nitrogen and oxygen atoms in total. The maximum Gasteiger partial charge on any atom is 0.220 e. The molecule has 3 rings (SSSR count). The highest BCUT2D eigenvalue weighted by atomic mass is 16.5. The van der Waals surface area contributed by atoms with Crippen LogP contribution >= 0.6 is 0 Å². The number of rotatable bonds is 6. The maximum absolute atomic E-state index is 12.1. The minimum Gasteiger partial charge on any atom is -0.490 e. The van der Waals surface area contributed by atoms with Crippen LogP contribution in [0.1, 0.15) is 31.7 Å². The smallest absolute Gasteiger partial charge is 0.220 e. The summed E-state index contributed by atoms with van der Waals surface area (Å²) in [6.07, 6.45) is 2.30. The Morgan fingerprint density at radius 3 is 2.72 bits per heavy atom. The minimum absolute atomic E-state index is 0.0900. The summed E-state index contributed by atoms with van der Waals surface area (Å²) < 4.78 is 16.7. The lowest BCUT2D eigenvalue weighted by atomic mass is 10.1. The molecule has 1 saturated heterocycles. The van der Waals surface area contributed by atoms with Gasteiger partial charge in [0.25, 0.3) is 0 Å². The molecule has 0 radical (unpaired) electrons. The van der Waals surface area contributed by atoms with Crippen LogP contribution in [0.15, 0.2) is 18.2 Å². The molecule has 6 heteroatoms. The first-order valence-corrected chi connectivity index (χ1v) is 9.19. The predicted molar refractivity (Wildman–Crippen MR) is 95.0 cm³/mol. The van der Waals surface area contributed by atoms with Crippen molar-refractivity contribution in [3.05, 3.63) is 23.8 Å². The Hall–Kier alpha value is -1.79. The highest BCUT2D eigenvalue weighted by Crippen LogP contribution is 2.30. The van der Waals surface area contributed by atoms with Crippen LogP contribution in [0.2, 0.25) is 0 Å². The van der Waals surface area contributed by atoms with E-state index < -0.39 is 0 Å². The van der Waals surface area contributed by atoms with E-state index in [1.807, 2.05) is 18.2 Å². The van der Waals surface area contributed by atoms with Gasteiger partial charge in [-0.05, 0) is 31.0 Å². The molecule has 138 valence electrons. The third-order valence-electron chi connectivity index (χ3n) is 4.76. The first-order valence-electron chi connectivity index (χ1n) is 9.19. The molecule has 2 heterocycles. The number of nitrogens with zero attached hydrogens (tertiary/aromatic N) is 1. The van der Waals surface area contributed by atoms with Gasteiger partial charge in [-0.1, -0.05) is 6.07 Å². The van der Waals surface area contributed by atoms with Crippen molar-refractivity contribution in [3.8, 4) is 11.5 Å². The van der Waals surface area contributed by atoms with E-state index in [-0.39, 0.29) is 5.91 Å². The number of carbonyl (C=O) groups excluding carboxylic acids is 1. The Labute approximate surface area is 149 Å². The molecule has 2 aliphatic rings. The first kappa shape index (κ1) is 18.0. The molecule has 1 fully saturated rings. The fraction of sp³-hybridized carbons (Fsp3) is 0.632. The Morgan fingerprint density at radius 1 is 1.16 bits per heavy atom. The molecule has 0 aliphatic carbocycles. The summed E-state index contributed by atoms with van der Waals surface area (Å²) in [6, 6.07) is 6.26. The van der Waals surface area contributed by atoms with Crippen molar-refractivity contribution in [2.75, 3.05) is 39.5 Å². The molecule has 1 amide bonds. The van der Waals surface area contributed by atoms with E-state index in [0.717, 1.165) is 56.2 Å². The number of hydrogen-bond acceptors (Lipinski definition) is 5. The standard InChI is InChI=1S/C19H28N2O4/c1-15(21-7-11-23-12-8-21)3-6-19(22)20-14-16-4-5-17-18(13-16)25-10-2-9-24-17/h4-5,13,15H,2-3,6-12,14H2,1H3,(H,20,22)/t15-/m0/s1. The summed E-state index contributed by atoms with van der Waals surface area (Å²) in [5, 5.41) is 3.00. The normalized spacial score (nSPS) is 19.1. The van der Waals surface area contributed by atoms with Crippen LogP contribution in [0.25, 0.3) is 0 Å². The monoisotopic (exact) mass is 348 g/mol. The Balaban J connectivity index is 1.42. The third-order valence-corrected chi connectivity index (χ3v) is 4.76. The molecule has 1 aromatic carbocycles. The number of carbonyl (C=O) groups is 1. The quantitative estimate of drug-likeness (QED) is 0.852. The zero-order valence-electron chi connectivity index (χ0n) is 15.0. The molecule has 1 aromatic rings. The van der Waals surface area contributed by atoms with Gasteiger partial charge in [-0.25, -0.2) is 0 Å². The lowest BCUT2D eigenvalue weighted by Gasteiger charge is -2.32. The van der Waals surface area contributed by atoms with Crippen LogP contribution in [-0.2, 0) is 16.1 Å². The van der Waals surface area contributed by atoms with E-state index in [9.17, 15) is 4.79 Å². The van der Waals surface area contributed by atoms with E-state index in [1.165, 1.54) is 0 Å². The Kier molecular flexibility index (Phi) is 6.53. The lowest BCUT2D eigenvalue weighted by molar-refractivity contribution is -0.121. The number of ether oxygens (including phenoxy) is 3. The molecular weight excluding hydrogens is 320 g/mol. The van der Waals surface area contributed by atoms with E-state index in [4.69, 9.17) is 14.2 Å². The molecule has 2 aliphatic heterocycles. The SMILES string of the molecule is C[C@@H](CCC(=O)NCc1ccc2c(c1)OCCCO2)N1CCOCC1. The molecular formula is C19H28N2O4. The fourth-order valence-corrected chi connectivity index (χ4v) is 3.15. The number of amides is 1. The van der Waals surface area contributed by atoms with Gasteiger partial charge in [0.05, 0.1) is 26.4 Å². The summed E-state index contributed by atoms with van der Waals surface area (Å²) in [4.78, 5) is 14.5. The molecule has 1 N–H and O–H groups in total. The summed E-state index contributed by atoms with van der Waals surface area (Å²) >= 11 is 0. The largest absolute Gasteiger partial charge is 0.490 e. The average molecular weight is 348 g/mol. The van der Waals surface area contributed by atoms with E-state index in [0.29, 0.717) is 32.2 Å². The van der Waals surface area contributed by atoms with Gasteiger partial charge in [-0.15, -0.1) is 0 Å². The van der Waals surface area contributed by atoms with Crippen molar-refractivity contribution in [3.63, 3.8) is 0 Å². The lowest BCUT2D eigenvalue weighted by Crippen LogP contribution is -2.42. The van der Waals surface area contributed by atoms with Gasteiger partial charge >= 0.3 is 0 Å². The van der Waals surface area contributed by atoms with Crippen LogP contribution in [0.3, 0.4) is 0 Å². The second-order valence-corrected chi connectivity index (χ2v) is 6.64. The van der Waals surface area contributed by atoms with Crippen molar-refractivity contribution in [2.45, 2.75) is 38.8 Å². The second-order valence-electron chi connectivity index (χ2n) is 6.64. The van der Waals surface area contributed by atoms with Crippen molar-refractivity contribution in [1.29, 1.82) is 0 Å². The van der Waals surface area contributed by atoms with Crippen LogP contribution in [-0.4, -0.2) is 56.4 Å². The van der Waals surface area contributed by atoms with Gasteiger partial charge in [0.1, 0.15) is 0 Å². The summed E-state index contributed by atoms with van der Waals surface area (Å²) in [5.41, 5.74) is 1.03. The Bertz CT molecular complexity index is 573. The van der Waals surface area contributed by atoms with Crippen LogP contribution in [0.5, 0.6) is 11.5 Å². The fourth-order valence-electron chi connectivity index (χ4n) is 3.15. The predicted octanol–water partition coefficient (Wildman–Crippen LogP) is 1.96. The van der Waals surface area contributed by atoms with Gasteiger partial charge < -0.3 is 19.5 Å². The molecule has 25 heavy (non-hydrogen) atoms. The van der Waals surface area contributed by atoms with Gasteiger partial charge in [0, 0.05) is 38.5 Å². The highest BCUT2D eigenvalue weighted by Gasteiger charge is 2.18. The summed E-state index contributed by atoms with van der Waals surface area (Å²) in [7, 11) is 0. The summed E-state index contributed by atoms with van der Waals surface area (Å²) in [5.74, 6) is 1.64. The van der Waals surface area contributed by atoms with Gasteiger partial charge in [-0.2, -0.15) is 0 Å². The van der Waals surface area contributed by atoms with E-state index in [2.05, 4.69) is 17.1 Å². The highest BCUT2D eigenvalue weighted by molar-refractivity contribution is 5.75. The van der Waals surface area contributed by atoms with Gasteiger partial charge in [-0.3, -0.25) is 9.69 Å². The van der Waals surface area contributed by atoms with E-state index >= 15 is 0 Å². The zero-order chi connectivity index (χ0) is 17.5. The minimum atomic E-state index is 0.0900. The maximum atomic E-state index is 12.1. The number of hydrogen-bond donors (Lipinski definition) is 1. The number of morpholine rings is 1. The number of nitrogens with one attached hydrogen (secondary N) is 1. The molecule has 0 aromatic heterocycles. The molecule has 0 unspecified atom stereocenters. The molecule has 1 atom stereocenters. The number of benzene rings is 1. The zero-order valence-corrected chi connectivity index (χ0v) is 15.0. The van der Waals surface area contributed by atoms with Crippen LogP contribution in [0.4, 0.5) is 0 Å². The molecule has 0 bridgehead atoms. The average Bonchev–Trinajstić information content (AvgIpc) is 2.90. The van der Waals surface area contributed by atoms with Crippen LogP contribution < -0.4 is 14.8 Å². The molecule has 0 spiro atoms. The van der Waals surface area contributed by atoms with Crippen molar-refractivity contribution < 1.29 is 19.0 Å².